The van der Waals surface area contributed by atoms with Gasteiger partial charge in [-0.3, -0.25) is 0 Å². The summed E-state index contributed by atoms with van der Waals surface area (Å²) >= 11 is 0. The number of rotatable bonds is 17. The molecule has 0 atom stereocenters. The van der Waals surface area contributed by atoms with Gasteiger partial charge in [0.25, 0.3) is 0 Å². The monoisotopic (exact) mass is 438 g/mol. The SMILES string of the molecule is C=CCCCCCCCCCOc1ccc(OC(=O)c2ccc(OCCCC)cc2)cc1. The molecule has 0 bridgehead atoms. The van der Waals surface area contributed by atoms with Gasteiger partial charge in [-0.1, -0.05) is 51.5 Å². The van der Waals surface area contributed by atoms with Crippen LogP contribution in [0, 0.1) is 0 Å². The Bertz CT molecular complexity index is 765. The molecule has 4 nitrogen and oxygen atoms in total. The predicted molar refractivity (Wildman–Crippen MR) is 131 cm³/mol. The van der Waals surface area contributed by atoms with Crippen molar-refractivity contribution < 1.29 is 19.0 Å². The average Bonchev–Trinajstić information content (AvgIpc) is 2.82. The van der Waals surface area contributed by atoms with Crippen LogP contribution in [0.1, 0.15) is 81.5 Å². The standard InChI is InChI=1S/C28H38O4/c1-3-5-7-8-9-10-11-12-13-23-31-26-18-20-27(21-19-26)32-28(29)24-14-16-25(17-15-24)30-22-6-4-2/h3,14-21H,1,4-13,22-23H2,2H3. The summed E-state index contributed by atoms with van der Waals surface area (Å²) < 4.78 is 16.9. The summed E-state index contributed by atoms with van der Waals surface area (Å²) in [6.07, 6.45) is 13.9. The van der Waals surface area contributed by atoms with Crippen LogP contribution >= 0.6 is 0 Å². The molecule has 0 radical (unpaired) electrons. The number of ether oxygens (including phenoxy) is 3. The Hall–Kier alpha value is -2.75. The predicted octanol–water partition coefficient (Wildman–Crippen LogP) is 7.77. The van der Waals surface area contributed by atoms with E-state index in [0.29, 0.717) is 24.5 Å². The number of esters is 1. The van der Waals surface area contributed by atoms with Gasteiger partial charge in [0.2, 0.25) is 0 Å². The Balaban J connectivity index is 1.62. The lowest BCUT2D eigenvalue weighted by molar-refractivity contribution is 0.0734. The largest absolute Gasteiger partial charge is 0.494 e. The fourth-order valence-electron chi connectivity index (χ4n) is 3.26. The first kappa shape index (κ1) is 25.5. The van der Waals surface area contributed by atoms with E-state index in [2.05, 4.69) is 13.5 Å². The van der Waals surface area contributed by atoms with Crippen LogP contribution in [0.15, 0.2) is 61.2 Å². The Morgan fingerprint density at radius 2 is 1.22 bits per heavy atom. The maximum Gasteiger partial charge on any atom is 0.343 e. The minimum absolute atomic E-state index is 0.386. The van der Waals surface area contributed by atoms with Crippen LogP contribution in [0.5, 0.6) is 17.2 Å². The molecule has 0 heterocycles. The summed E-state index contributed by atoms with van der Waals surface area (Å²) in [7, 11) is 0. The van der Waals surface area contributed by atoms with E-state index in [0.717, 1.165) is 37.2 Å². The molecule has 0 saturated carbocycles. The molecule has 0 fully saturated rings. The maximum atomic E-state index is 12.3. The van der Waals surface area contributed by atoms with Crippen LogP contribution in [-0.4, -0.2) is 19.2 Å². The highest BCUT2D eigenvalue weighted by Crippen LogP contribution is 2.20. The average molecular weight is 439 g/mol. The van der Waals surface area contributed by atoms with Crippen molar-refractivity contribution in [1.29, 1.82) is 0 Å². The third kappa shape index (κ3) is 10.5. The molecule has 0 aliphatic rings. The molecule has 2 aromatic rings. The van der Waals surface area contributed by atoms with Crippen molar-refractivity contribution in [2.75, 3.05) is 13.2 Å². The second kappa shape index (κ2) is 16.0. The van der Waals surface area contributed by atoms with Crippen LogP contribution in [-0.2, 0) is 0 Å². The van der Waals surface area contributed by atoms with Gasteiger partial charge in [-0.25, -0.2) is 4.79 Å². The number of carbonyl (C=O) groups is 1. The van der Waals surface area contributed by atoms with Gasteiger partial charge >= 0.3 is 5.97 Å². The summed E-state index contributed by atoms with van der Waals surface area (Å²) in [4.78, 5) is 12.3. The number of allylic oxidation sites excluding steroid dienone is 1. The topological polar surface area (TPSA) is 44.8 Å². The summed E-state index contributed by atoms with van der Waals surface area (Å²) in [5, 5.41) is 0. The van der Waals surface area contributed by atoms with Gasteiger partial charge in [0.1, 0.15) is 17.2 Å². The fourth-order valence-corrected chi connectivity index (χ4v) is 3.26. The van der Waals surface area contributed by atoms with Crippen LogP contribution < -0.4 is 14.2 Å². The van der Waals surface area contributed by atoms with Gasteiger partial charge in [0.15, 0.2) is 0 Å². The van der Waals surface area contributed by atoms with E-state index < -0.39 is 0 Å². The molecule has 0 aromatic heterocycles. The lowest BCUT2D eigenvalue weighted by Crippen LogP contribution is -2.08. The van der Waals surface area contributed by atoms with Gasteiger partial charge in [-0.2, -0.15) is 0 Å². The Kier molecular flexibility index (Phi) is 12.7. The smallest absolute Gasteiger partial charge is 0.343 e. The summed E-state index contributed by atoms with van der Waals surface area (Å²) in [5.41, 5.74) is 0.494. The minimum atomic E-state index is -0.386. The van der Waals surface area contributed by atoms with E-state index in [9.17, 15) is 4.79 Å². The summed E-state index contributed by atoms with van der Waals surface area (Å²) in [6, 6.07) is 14.3. The minimum Gasteiger partial charge on any atom is -0.494 e. The van der Waals surface area contributed by atoms with Crippen LogP contribution in [0.25, 0.3) is 0 Å². The first-order valence-electron chi connectivity index (χ1n) is 12.0. The lowest BCUT2D eigenvalue weighted by atomic mass is 10.1. The normalized spacial score (nSPS) is 10.5. The van der Waals surface area contributed by atoms with E-state index in [4.69, 9.17) is 14.2 Å². The number of hydrogen-bond donors (Lipinski definition) is 0. The van der Waals surface area contributed by atoms with Crippen molar-refractivity contribution in [2.45, 2.75) is 71.1 Å². The van der Waals surface area contributed by atoms with Gasteiger partial charge in [0.05, 0.1) is 18.8 Å². The number of unbranched alkanes of at least 4 members (excludes halogenated alkanes) is 8. The van der Waals surface area contributed by atoms with Crippen molar-refractivity contribution in [1.82, 2.24) is 0 Å². The van der Waals surface area contributed by atoms with Crippen LogP contribution in [0.2, 0.25) is 0 Å². The number of hydrogen-bond acceptors (Lipinski definition) is 4. The number of benzene rings is 2. The van der Waals surface area contributed by atoms with Gasteiger partial charge in [0, 0.05) is 0 Å². The third-order valence-electron chi connectivity index (χ3n) is 5.21. The molecular weight excluding hydrogens is 400 g/mol. The van der Waals surface area contributed by atoms with E-state index in [1.165, 1.54) is 38.5 Å². The maximum absolute atomic E-state index is 12.3. The van der Waals surface area contributed by atoms with Crippen LogP contribution in [0.4, 0.5) is 0 Å². The van der Waals surface area contributed by atoms with Gasteiger partial charge in [-0.15, -0.1) is 6.58 Å². The first-order chi connectivity index (χ1) is 15.7. The quantitative estimate of drug-likeness (QED) is 0.109. The zero-order valence-corrected chi connectivity index (χ0v) is 19.5. The van der Waals surface area contributed by atoms with Crippen LogP contribution in [0.3, 0.4) is 0 Å². The molecule has 32 heavy (non-hydrogen) atoms. The van der Waals surface area contributed by atoms with E-state index in [1.807, 2.05) is 18.2 Å². The van der Waals surface area contributed by atoms with Crippen molar-refractivity contribution in [2.24, 2.45) is 0 Å². The fraction of sp³-hybridized carbons (Fsp3) is 0.464. The molecule has 2 rings (SSSR count). The van der Waals surface area contributed by atoms with E-state index >= 15 is 0 Å². The number of carbonyl (C=O) groups excluding carboxylic acids is 1. The van der Waals surface area contributed by atoms with Gasteiger partial charge in [-0.05, 0) is 74.2 Å². The molecule has 0 unspecified atom stereocenters. The third-order valence-corrected chi connectivity index (χ3v) is 5.21. The van der Waals surface area contributed by atoms with Crippen molar-refractivity contribution in [3.05, 3.63) is 66.7 Å². The second-order valence-corrected chi connectivity index (χ2v) is 7.99. The Morgan fingerprint density at radius 1 is 0.719 bits per heavy atom. The molecule has 174 valence electrons. The molecule has 0 N–H and O–H groups in total. The molecule has 0 spiro atoms. The zero-order valence-electron chi connectivity index (χ0n) is 19.5. The summed E-state index contributed by atoms with van der Waals surface area (Å²) in [6.45, 7) is 7.27. The molecule has 0 saturated heterocycles. The highest BCUT2D eigenvalue weighted by atomic mass is 16.5. The zero-order chi connectivity index (χ0) is 22.9. The molecular formula is C28H38O4. The highest BCUT2D eigenvalue weighted by molar-refractivity contribution is 5.91. The Morgan fingerprint density at radius 3 is 1.81 bits per heavy atom. The van der Waals surface area contributed by atoms with Crippen molar-refractivity contribution in [3.63, 3.8) is 0 Å². The molecule has 0 aliphatic heterocycles. The summed E-state index contributed by atoms with van der Waals surface area (Å²) in [5.74, 6) is 1.67. The Labute approximate surface area is 193 Å². The van der Waals surface area contributed by atoms with Crippen molar-refractivity contribution in [3.8, 4) is 17.2 Å². The van der Waals surface area contributed by atoms with Crippen molar-refractivity contribution >= 4 is 5.97 Å². The second-order valence-electron chi connectivity index (χ2n) is 7.99. The van der Waals surface area contributed by atoms with E-state index in [1.54, 1.807) is 36.4 Å². The molecule has 0 amide bonds. The van der Waals surface area contributed by atoms with E-state index in [-0.39, 0.29) is 5.97 Å². The first-order valence-corrected chi connectivity index (χ1v) is 12.0. The molecule has 2 aromatic carbocycles. The van der Waals surface area contributed by atoms with Gasteiger partial charge < -0.3 is 14.2 Å². The lowest BCUT2D eigenvalue weighted by Gasteiger charge is -2.09. The highest BCUT2D eigenvalue weighted by Gasteiger charge is 2.09. The molecule has 4 heteroatoms. The molecule has 0 aliphatic carbocycles.